The molecular weight excluding hydrogens is 468 g/mol. The van der Waals surface area contributed by atoms with Crippen LogP contribution in [0.25, 0.3) is 30.9 Å². The minimum atomic E-state index is 1.09. The van der Waals surface area contributed by atoms with E-state index in [2.05, 4.69) is 144 Å². The van der Waals surface area contributed by atoms with Gasteiger partial charge in [0.1, 0.15) is 0 Å². The Hall–Kier alpha value is -4.60. The third-order valence-corrected chi connectivity index (χ3v) is 7.95. The van der Waals surface area contributed by atoms with Gasteiger partial charge in [-0.2, -0.15) is 0 Å². The van der Waals surface area contributed by atoms with Crippen molar-refractivity contribution in [2.24, 2.45) is 0 Å². The average molecular weight is 493 g/mol. The Kier molecular flexibility index (Phi) is 5.34. The largest absolute Gasteiger partial charge is 0.356 e. The summed E-state index contributed by atoms with van der Waals surface area (Å²) in [4.78, 5) is 2.37. The minimum absolute atomic E-state index is 1.09. The Morgan fingerprint density at radius 2 is 1.14 bits per heavy atom. The minimum Gasteiger partial charge on any atom is -0.356 e. The van der Waals surface area contributed by atoms with E-state index in [1.807, 2.05) is 17.4 Å². The number of anilines is 5. The van der Waals surface area contributed by atoms with Gasteiger partial charge in [0.15, 0.2) is 0 Å². The van der Waals surface area contributed by atoms with E-state index in [1.165, 1.54) is 36.6 Å². The fourth-order valence-electron chi connectivity index (χ4n) is 5.08. The molecular formula is C34H24N2S. The lowest BCUT2D eigenvalue weighted by atomic mass is 10.1. The Morgan fingerprint density at radius 3 is 1.97 bits per heavy atom. The summed E-state index contributed by atoms with van der Waals surface area (Å²) in [6, 6.07) is 49.6. The number of fused-ring (bicyclic) bond motifs is 4. The highest BCUT2D eigenvalue weighted by Crippen LogP contribution is 2.43. The molecule has 7 aromatic rings. The second kappa shape index (κ2) is 9.12. The van der Waals surface area contributed by atoms with E-state index in [1.54, 1.807) is 0 Å². The lowest BCUT2D eigenvalue weighted by Gasteiger charge is -2.27. The SMILES string of the molecule is c1ccc(Nc2ccc3sc4ccc(N(c5ccccc5)c5cccc6ccccc56)cc4c3c2)cc1. The summed E-state index contributed by atoms with van der Waals surface area (Å²) in [5, 5.41) is 8.57. The normalized spacial score (nSPS) is 11.2. The molecule has 0 aliphatic carbocycles. The van der Waals surface area contributed by atoms with Crippen molar-refractivity contribution in [2.45, 2.75) is 0 Å². The number of hydrogen-bond acceptors (Lipinski definition) is 3. The maximum absolute atomic E-state index is 3.55. The zero-order chi connectivity index (χ0) is 24.6. The molecule has 0 spiro atoms. The van der Waals surface area contributed by atoms with Crippen LogP contribution in [0.3, 0.4) is 0 Å². The highest BCUT2D eigenvalue weighted by atomic mass is 32.1. The Morgan fingerprint density at radius 1 is 0.459 bits per heavy atom. The van der Waals surface area contributed by atoms with Crippen molar-refractivity contribution in [1.82, 2.24) is 0 Å². The number of hydrogen-bond donors (Lipinski definition) is 1. The third-order valence-electron chi connectivity index (χ3n) is 6.80. The van der Waals surface area contributed by atoms with E-state index in [0.29, 0.717) is 0 Å². The summed E-state index contributed by atoms with van der Waals surface area (Å²) in [5.74, 6) is 0. The standard InChI is InChI=1S/C34H24N2S/c1-3-12-25(13-4-1)35-26-18-20-33-30(22-26)31-23-28(19-21-34(31)37-33)36(27-14-5-2-6-15-27)32-17-9-11-24-10-7-8-16-29(24)32/h1-23,35H. The zero-order valence-electron chi connectivity index (χ0n) is 20.1. The van der Waals surface area contributed by atoms with Gasteiger partial charge in [-0.25, -0.2) is 0 Å². The number of benzene rings is 6. The smallest absolute Gasteiger partial charge is 0.0540 e. The van der Waals surface area contributed by atoms with Gasteiger partial charge in [-0.1, -0.05) is 72.8 Å². The second-order valence-electron chi connectivity index (χ2n) is 9.15. The van der Waals surface area contributed by atoms with Crippen LogP contribution in [0.4, 0.5) is 28.4 Å². The molecule has 0 radical (unpaired) electrons. The van der Waals surface area contributed by atoms with Crippen molar-refractivity contribution in [3.8, 4) is 0 Å². The molecule has 176 valence electrons. The molecule has 0 atom stereocenters. The van der Waals surface area contributed by atoms with Gasteiger partial charge in [0.2, 0.25) is 0 Å². The first-order valence-corrected chi connectivity index (χ1v) is 13.3. The number of nitrogens with one attached hydrogen (secondary N) is 1. The average Bonchev–Trinajstić information content (AvgIpc) is 3.32. The molecule has 2 nitrogen and oxygen atoms in total. The molecule has 0 bridgehead atoms. The molecule has 1 aromatic heterocycles. The van der Waals surface area contributed by atoms with Crippen LogP contribution in [0.2, 0.25) is 0 Å². The molecule has 3 heteroatoms. The highest BCUT2D eigenvalue weighted by Gasteiger charge is 2.16. The van der Waals surface area contributed by atoms with E-state index in [0.717, 1.165) is 22.7 Å². The summed E-state index contributed by atoms with van der Waals surface area (Å²) in [6.07, 6.45) is 0. The van der Waals surface area contributed by atoms with Crippen molar-refractivity contribution in [3.05, 3.63) is 140 Å². The van der Waals surface area contributed by atoms with Crippen LogP contribution >= 0.6 is 11.3 Å². The van der Waals surface area contributed by atoms with Gasteiger partial charge in [-0.3, -0.25) is 0 Å². The molecule has 6 aromatic carbocycles. The topological polar surface area (TPSA) is 15.3 Å². The van der Waals surface area contributed by atoms with Gasteiger partial charge in [-0.05, 0) is 72.1 Å². The second-order valence-corrected chi connectivity index (χ2v) is 10.2. The van der Waals surface area contributed by atoms with Gasteiger partial charge >= 0.3 is 0 Å². The van der Waals surface area contributed by atoms with Crippen LogP contribution in [0.15, 0.2) is 140 Å². The fourth-order valence-corrected chi connectivity index (χ4v) is 6.14. The summed E-state index contributed by atoms with van der Waals surface area (Å²) in [7, 11) is 0. The molecule has 1 heterocycles. The van der Waals surface area contributed by atoms with Crippen LogP contribution in [-0.4, -0.2) is 0 Å². The molecule has 0 unspecified atom stereocenters. The predicted molar refractivity (Wildman–Crippen MR) is 161 cm³/mol. The zero-order valence-corrected chi connectivity index (χ0v) is 21.0. The monoisotopic (exact) mass is 492 g/mol. The van der Waals surface area contributed by atoms with Crippen LogP contribution < -0.4 is 10.2 Å². The predicted octanol–water partition coefficient (Wildman–Crippen LogP) is 10.4. The first-order valence-electron chi connectivity index (χ1n) is 12.4. The summed E-state index contributed by atoms with van der Waals surface area (Å²) >= 11 is 1.84. The van der Waals surface area contributed by atoms with Crippen molar-refractivity contribution in [1.29, 1.82) is 0 Å². The number of rotatable bonds is 5. The first kappa shape index (κ1) is 21.7. The first-order chi connectivity index (χ1) is 18.3. The van der Waals surface area contributed by atoms with Crippen LogP contribution in [0.5, 0.6) is 0 Å². The summed E-state index contributed by atoms with van der Waals surface area (Å²) in [5.41, 5.74) is 5.65. The van der Waals surface area contributed by atoms with Crippen LogP contribution in [0.1, 0.15) is 0 Å². The lowest BCUT2D eigenvalue weighted by molar-refractivity contribution is 1.30. The number of nitrogens with zero attached hydrogens (tertiary/aromatic N) is 1. The van der Waals surface area contributed by atoms with Crippen LogP contribution in [0, 0.1) is 0 Å². The molecule has 0 aliphatic rings. The third kappa shape index (κ3) is 4.00. The summed E-state index contributed by atoms with van der Waals surface area (Å²) in [6.45, 7) is 0. The quantitative estimate of drug-likeness (QED) is 0.257. The van der Waals surface area contributed by atoms with Gasteiger partial charge in [0.05, 0.1) is 5.69 Å². The van der Waals surface area contributed by atoms with Gasteiger partial charge < -0.3 is 10.2 Å². The molecule has 37 heavy (non-hydrogen) atoms. The lowest BCUT2D eigenvalue weighted by Crippen LogP contribution is -2.10. The molecule has 0 saturated heterocycles. The van der Waals surface area contributed by atoms with E-state index in [9.17, 15) is 0 Å². The van der Waals surface area contributed by atoms with Gasteiger partial charge in [-0.15, -0.1) is 11.3 Å². The molecule has 1 N–H and O–H groups in total. The maximum Gasteiger partial charge on any atom is 0.0540 e. The van der Waals surface area contributed by atoms with E-state index < -0.39 is 0 Å². The van der Waals surface area contributed by atoms with Crippen molar-refractivity contribution in [2.75, 3.05) is 10.2 Å². The van der Waals surface area contributed by atoms with Crippen molar-refractivity contribution in [3.63, 3.8) is 0 Å². The number of para-hydroxylation sites is 2. The molecule has 7 rings (SSSR count). The van der Waals surface area contributed by atoms with Crippen molar-refractivity contribution < 1.29 is 0 Å². The summed E-state index contributed by atoms with van der Waals surface area (Å²) < 4.78 is 2.59. The Bertz CT molecular complexity index is 1850. The van der Waals surface area contributed by atoms with E-state index in [-0.39, 0.29) is 0 Å². The van der Waals surface area contributed by atoms with Crippen LogP contribution in [-0.2, 0) is 0 Å². The highest BCUT2D eigenvalue weighted by molar-refractivity contribution is 7.25. The Labute approximate surface area is 220 Å². The molecule has 0 fully saturated rings. The fraction of sp³-hybridized carbons (Fsp3) is 0. The molecule has 0 amide bonds. The van der Waals surface area contributed by atoms with Gasteiger partial charge in [0.25, 0.3) is 0 Å². The number of thiophene rings is 1. The molecule has 0 aliphatic heterocycles. The van der Waals surface area contributed by atoms with E-state index >= 15 is 0 Å². The maximum atomic E-state index is 3.55. The Balaban J connectivity index is 1.41. The molecule has 0 saturated carbocycles. The van der Waals surface area contributed by atoms with E-state index in [4.69, 9.17) is 0 Å². The van der Waals surface area contributed by atoms with Crippen molar-refractivity contribution >= 4 is 70.7 Å². The van der Waals surface area contributed by atoms with Gasteiger partial charge in [0, 0.05) is 48.3 Å².